The van der Waals surface area contributed by atoms with Crippen LogP contribution in [0, 0.1) is 23.7 Å². The lowest BCUT2D eigenvalue weighted by Crippen LogP contribution is -2.52. The number of nitrogens with one attached hydrogen (secondary N) is 1. The minimum absolute atomic E-state index is 0.314. The topological polar surface area (TPSA) is 21.3 Å². The van der Waals surface area contributed by atoms with Gasteiger partial charge in [0.15, 0.2) is 0 Å². The van der Waals surface area contributed by atoms with Gasteiger partial charge in [-0.1, -0.05) is 13.3 Å². The third-order valence-electron chi connectivity index (χ3n) is 7.00. The third kappa shape index (κ3) is 2.23. The van der Waals surface area contributed by atoms with Gasteiger partial charge in [-0.15, -0.1) is 0 Å². The zero-order chi connectivity index (χ0) is 13.6. The first-order chi connectivity index (χ1) is 9.80. The minimum Gasteiger partial charge on any atom is -0.375 e. The van der Waals surface area contributed by atoms with Gasteiger partial charge in [0.05, 0.1) is 5.60 Å². The molecule has 4 fully saturated rings. The molecule has 0 amide bonds. The highest BCUT2D eigenvalue weighted by molar-refractivity contribution is 5.02. The maximum absolute atomic E-state index is 6.16. The van der Waals surface area contributed by atoms with E-state index in [0.717, 1.165) is 42.9 Å². The van der Waals surface area contributed by atoms with Crippen molar-refractivity contribution in [2.75, 3.05) is 13.2 Å². The third-order valence-corrected chi connectivity index (χ3v) is 7.00. The van der Waals surface area contributed by atoms with E-state index < -0.39 is 0 Å². The summed E-state index contributed by atoms with van der Waals surface area (Å²) in [6.45, 7) is 4.45. The molecule has 0 radical (unpaired) electrons. The molecule has 1 heterocycles. The molecule has 2 nitrogen and oxygen atoms in total. The summed E-state index contributed by atoms with van der Waals surface area (Å²) in [5.41, 5.74) is 0.314. The van der Waals surface area contributed by atoms with Crippen molar-refractivity contribution in [1.29, 1.82) is 0 Å². The standard InChI is InChI=1S/C18H31NO/c1-2-19-17(16-11-13-4-5-14(16)10-13)15-6-9-20-18(12-15)7-3-8-18/h13-17,19H,2-12H2,1H3. The second-order valence-corrected chi connectivity index (χ2v) is 8.06. The molecular weight excluding hydrogens is 246 g/mol. The van der Waals surface area contributed by atoms with Crippen molar-refractivity contribution in [3.63, 3.8) is 0 Å². The average Bonchev–Trinajstić information content (AvgIpc) is 3.06. The summed E-state index contributed by atoms with van der Waals surface area (Å²) in [5, 5.41) is 3.91. The molecule has 114 valence electrons. The van der Waals surface area contributed by atoms with Crippen LogP contribution in [0.15, 0.2) is 0 Å². The highest BCUT2D eigenvalue weighted by atomic mass is 16.5. The largest absolute Gasteiger partial charge is 0.375 e. The molecule has 5 unspecified atom stereocenters. The van der Waals surface area contributed by atoms with Crippen LogP contribution in [0.2, 0.25) is 0 Å². The van der Waals surface area contributed by atoms with E-state index in [1.807, 2.05) is 0 Å². The molecule has 5 atom stereocenters. The zero-order valence-corrected chi connectivity index (χ0v) is 13.1. The Bertz CT molecular complexity index is 351. The van der Waals surface area contributed by atoms with E-state index in [9.17, 15) is 0 Å². The predicted octanol–water partition coefficient (Wildman–Crippen LogP) is 3.75. The molecular formula is C18H31NO. The van der Waals surface area contributed by atoms with Gasteiger partial charge in [0, 0.05) is 12.6 Å². The monoisotopic (exact) mass is 277 g/mol. The van der Waals surface area contributed by atoms with E-state index >= 15 is 0 Å². The van der Waals surface area contributed by atoms with E-state index in [1.165, 1.54) is 51.4 Å². The number of rotatable bonds is 4. The molecule has 1 aliphatic heterocycles. The number of hydrogen-bond donors (Lipinski definition) is 1. The van der Waals surface area contributed by atoms with Gasteiger partial charge in [0.1, 0.15) is 0 Å². The lowest BCUT2D eigenvalue weighted by Gasteiger charge is -2.50. The Morgan fingerprint density at radius 3 is 2.70 bits per heavy atom. The fourth-order valence-corrected chi connectivity index (χ4v) is 5.93. The summed E-state index contributed by atoms with van der Waals surface area (Å²) >= 11 is 0. The second-order valence-electron chi connectivity index (χ2n) is 8.06. The first-order valence-corrected chi connectivity index (χ1v) is 9.17. The normalized spacial score (nSPS) is 43.6. The highest BCUT2D eigenvalue weighted by Crippen LogP contribution is 2.53. The summed E-state index contributed by atoms with van der Waals surface area (Å²) in [6, 6.07) is 0.789. The molecule has 0 aromatic heterocycles. The fraction of sp³-hybridized carbons (Fsp3) is 1.00. The summed E-state index contributed by atoms with van der Waals surface area (Å²) in [6.07, 6.45) is 12.8. The maximum Gasteiger partial charge on any atom is 0.0685 e. The van der Waals surface area contributed by atoms with Gasteiger partial charge in [-0.2, -0.15) is 0 Å². The smallest absolute Gasteiger partial charge is 0.0685 e. The van der Waals surface area contributed by atoms with Crippen LogP contribution in [0.4, 0.5) is 0 Å². The number of ether oxygens (including phenoxy) is 1. The molecule has 4 rings (SSSR count). The van der Waals surface area contributed by atoms with Crippen LogP contribution in [-0.4, -0.2) is 24.8 Å². The molecule has 3 saturated carbocycles. The lowest BCUT2D eigenvalue weighted by molar-refractivity contribution is -0.149. The van der Waals surface area contributed by atoms with Crippen molar-refractivity contribution in [1.82, 2.24) is 5.32 Å². The zero-order valence-electron chi connectivity index (χ0n) is 13.1. The minimum atomic E-state index is 0.314. The van der Waals surface area contributed by atoms with Crippen molar-refractivity contribution in [3.8, 4) is 0 Å². The molecule has 4 aliphatic rings. The van der Waals surface area contributed by atoms with Crippen molar-refractivity contribution in [2.24, 2.45) is 23.7 Å². The van der Waals surface area contributed by atoms with Crippen molar-refractivity contribution >= 4 is 0 Å². The molecule has 2 bridgehead atoms. The predicted molar refractivity (Wildman–Crippen MR) is 81.7 cm³/mol. The fourth-order valence-electron chi connectivity index (χ4n) is 5.93. The molecule has 0 aromatic carbocycles. The van der Waals surface area contributed by atoms with Gasteiger partial charge in [-0.05, 0) is 81.6 Å². The maximum atomic E-state index is 6.16. The van der Waals surface area contributed by atoms with Crippen LogP contribution in [0.5, 0.6) is 0 Å². The van der Waals surface area contributed by atoms with E-state index in [4.69, 9.17) is 4.74 Å². The van der Waals surface area contributed by atoms with Gasteiger partial charge < -0.3 is 10.1 Å². The van der Waals surface area contributed by atoms with Crippen LogP contribution < -0.4 is 5.32 Å². The first-order valence-electron chi connectivity index (χ1n) is 9.17. The Balaban J connectivity index is 1.47. The second kappa shape index (κ2) is 5.28. The average molecular weight is 277 g/mol. The molecule has 20 heavy (non-hydrogen) atoms. The SMILES string of the molecule is CCNC(C1CCOC2(CCC2)C1)C1CC2CCC1C2. The summed E-state index contributed by atoms with van der Waals surface area (Å²) in [4.78, 5) is 0. The summed E-state index contributed by atoms with van der Waals surface area (Å²) in [5.74, 6) is 3.98. The number of hydrogen-bond acceptors (Lipinski definition) is 2. The molecule has 2 heteroatoms. The van der Waals surface area contributed by atoms with Crippen molar-refractivity contribution in [3.05, 3.63) is 0 Å². The summed E-state index contributed by atoms with van der Waals surface area (Å²) < 4.78 is 6.16. The Morgan fingerprint density at radius 1 is 1.20 bits per heavy atom. The van der Waals surface area contributed by atoms with Crippen LogP contribution in [-0.2, 0) is 4.74 Å². The van der Waals surface area contributed by atoms with Crippen LogP contribution in [0.25, 0.3) is 0 Å². The van der Waals surface area contributed by atoms with Crippen LogP contribution >= 0.6 is 0 Å². The molecule has 3 aliphatic carbocycles. The van der Waals surface area contributed by atoms with Gasteiger partial charge in [0.2, 0.25) is 0 Å². The van der Waals surface area contributed by atoms with Crippen LogP contribution in [0.1, 0.15) is 64.7 Å². The Hall–Kier alpha value is -0.0800. The van der Waals surface area contributed by atoms with E-state index in [2.05, 4.69) is 12.2 Å². The Morgan fingerprint density at radius 2 is 2.10 bits per heavy atom. The molecule has 1 saturated heterocycles. The molecule has 1 spiro atoms. The van der Waals surface area contributed by atoms with Crippen molar-refractivity contribution < 1.29 is 4.74 Å². The summed E-state index contributed by atoms with van der Waals surface area (Å²) in [7, 11) is 0. The van der Waals surface area contributed by atoms with Gasteiger partial charge in [-0.3, -0.25) is 0 Å². The van der Waals surface area contributed by atoms with E-state index in [1.54, 1.807) is 6.42 Å². The van der Waals surface area contributed by atoms with E-state index in [0.29, 0.717) is 5.60 Å². The lowest BCUT2D eigenvalue weighted by atomic mass is 9.67. The molecule has 0 aromatic rings. The van der Waals surface area contributed by atoms with Crippen LogP contribution in [0.3, 0.4) is 0 Å². The van der Waals surface area contributed by atoms with Gasteiger partial charge in [0.25, 0.3) is 0 Å². The van der Waals surface area contributed by atoms with Crippen molar-refractivity contribution in [2.45, 2.75) is 76.4 Å². The quantitative estimate of drug-likeness (QED) is 0.845. The Labute approximate surface area is 124 Å². The first kappa shape index (κ1) is 13.6. The Kier molecular flexibility index (Phi) is 3.58. The van der Waals surface area contributed by atoms with Gasteiger partial charge >= 0.3 is 0 Å². The van der Waals surface area contributed by atoms with E-state index in [-0.39, 0.29) is 0 Å². The highest BCUT2D eigenvalue weighted by Gasteiger charge is 2.49. The van der Waals surface area contributed by atoms with Gasteiger partial charge in [-0.25, -0.2) is 0 Å². The molecule has 1 N–H and O–H groups in total. The number of fused-ring (bicyclic) bond motifs is 2.